The quantitative estimate of drug-likeness (QED) is 0.839. The molecule has 132 valence electrons. The van der Waals surface area contributed by atoms with Gasteiger partial charge in [0.25, 0.3) is 5.91 Å². The van der Waals surface area contributed by atoms with Crippen LogP contribution in [0.15, 0.2) is 42.5 Å². The fourth-order valence-electron chi connectivity index (χ4n) is 2.42. The predicted molar refractivity (Wildman–Crippen MR) is 94.0 cm³/mol. The van der Waals surface area contributed by atoms with Crippen molar-refractivity contribution >= 4 is 17.5 Å². The molecule has 0 spiro atoms. The van der Waals surface area contributed by atoms with E-state index in [1.807, 2.05) is 32.0 Å². The molecule has 0 radical (unpaired) electrons. The average Bonchev–Trinajstić information content (AvgIpc) is 2.55. The molecular weight excluding hydrogens is 323 g/mol. The van der Waals surface area contributed by atoms with Crippen LogP contribution in [0.5, 0.6) is 5.75 Å². The maximum absolute atomic E-state index is 13.1. The number of hydrogen-bond acceptors (Lipinski definition) is 3. The summed E-state index contributed by atoms with van der Waals surface area (Å²) in [6, 6.07) is 11.1. The number of amides is 2. The first-order valence-electron chi connectivity index (χ1n) is 7.91. The van der Waals surface area contributed by atoms with Crippen molar-refractivity contribution in [3.05, 3.63) is 59.4 Å². The highest BCUT2D eigenvalue weighted by atomic mass is 19.1. The van der Waals surface area contributed by atoms with Crippen LogP contribution < -0.4 is 15.4 Å². The van der Waals surface area contributed by atoms with Gasteiger partial charge in [-0.3, -0.25) is 9.59 Å². The van der Waals surface area contributed by atoms with Gasteiger partial charge in [0.15, 0.2) is 6.61 Å². The zero-order valence-electron chi connectivity index (χ0n) is 14.3. The van der Waals surface area contributed by atoms with E-state index in [4.69, 9.17) is 10.5 Å². The number of anilines is 1. The topological polar surface area (TPSA) is 72.6 Å². The Labute approximate surface area is 146 Å². The van der Waals surface area contributed by atoms with Gasteiger partial charge in [0.1, 0.15) is 11.6 Å². The molecule has 0 atom stereocenters. The van der Waals surface area contributed by atoms with E-state index < -0.39 is 11.7 Å². The van der Waals surface area contributed by atoms with Gasteiger partial charge in [-0.25, -0.2) is 4.39 Å². The molecule has 0 bridgehead atoms. The summed E-state index contributed by atoms with van der Waals surface area (Å²) in [5.74, 6) is -0.645. The second-order valence-electron chi connectivity index (χ2n) is 5.80. The molecule has 0 aromatic heterocycles. The third kappa shape index (κ3) is 5.31. The minimum atomic E-state index is -0.518. The summed E-state index contributed by atoms with van der Waals surface area (Å²) >= 11 is 0. The molecular formula is C19H21FN2O3. The normalized spacial score (nSPS) is 10.4. The van der Waals surface area contributed by atoms with E-state index in [-0.39, 0.29) is 25.5 Å². The number of ether oxygens (including phenoxy) is 1. The molecule has 0 aliphatic carbocycles. The van der Waals surface area contributed by atoms with Gasteiger partial charge < -0.3 is 15.4 Å². The van der Waals surface area contributed by atoms with E-state index in [2.05, 4.69) is 0 Å². The van der Waals surface area contributed by atoms with Gasteiger partial charge in [-0.15, -0.1) is 0 Å². The fraction of sp³-hybridized carbons (Fsp3) is 0.263. The van der Waals surface area contributed by atoms with Gasteiger partial charge in [0.05, 0.1) is 0 Å². The Kier molecular flexibility index (Phi) is 6.11. The lowest BCUT2D eigenvalue weighted by atomic mass is 10.1. The van der Waals surface area contributed by atoms with Crippen molar-refractivity contribution in [2.75, 3.05) is 18.1 Å². The van der Waals surface area contributed by atoms with E-state index in [0.717, 1.165) is 11.1 Å². The molecule has 2 aromatic rings. The monoisotopic (exact) mass is 344 g/mol. The van der Waals surface area contributed by atoms with Gasteiger partial charge >= 0.3 is 0 Å². The molecule has 0 aliphatic rings. The molecule has 0 unspecified atom stereocenters. The largest absolute Gasteiger partial charge is 0.483 e. The summed E-state index contributed by atoms with van der Waals surface area (Å²) in [6.45, 7) is 3.79. The van der Waals surface area contributed by atoms with Crippen LogP contribution in [0.25, 0.3) is 0 Å². The van der Waals surface area contributed by atoms with Crippen molar-refractivity contribution in [2.45, 2.75) is 20.3 Å². The Morgan fingerprint density at radius 1 is 1.12 bits per heavy atom. The predicted octanol–water partition coefficient (Wildman–Crippen LogP) is 2.73. The fourth-order valence-corrected chi connectivity index (χ4v) is 2.42. The molecule has 2 rings (SSSR count). The minimum absolute atomic E-state index is 0.00662. The second-order valence-corrected chi connectivity index (χ2v) is 5.80. The van der Waals surface area contributed by atoms with Crippen molar-refractivity contribution in [1.82, 2.24) is 0 Å². The highest BCUT2D eigenvalue weighted by Gasteiger charge is 2.17. The number of primary amides is 1. The van der Waals surface area contributed by atoms with Gasteiger partial charge in [-0.05, 0) is 49.7 Å². The summed E-state index contributed by atoms with van der Waals surface area (Å²) in [7, 11) is 0. The Morgan fingerprint density at radius 3 is 2.40 bits per heavy atom. The Hall–Kier alpha value is -2.89. The molecule has 0 saturated heterocycles. The molecule has 2 aromatic carbocycles. The summed E-state index contributed by atoms with van der Waals surface area (Å²) in [4.78, 5) is 25.0. The van der Waals surface area contributed by atoms with Crippen LogP contribution >= 0.6 is 0 Å². The van der Waals surface area contributed by atoms with Crippen LogP contribution in [0, 0.1) is 19.7 Å². The zero-order valence-corrected chi connectivity index (χ0v) is 14.3. The summed E-state index contributed by atoms with van der Waals surface area (Å²) in [5.41, 5.74) is 7.69. The molecule has 0 aliphatic heterocycles. The van der Waals surface area contributed by atoms with Gasteiger partial charge in [0, 0.05) is 18.7 Å². The maximum Gasteiger partial charge on any atom is 0.264 e. The van der Waals surface area contributed by atoms with Crippen molar-refractivity contribution in [2.24, 2.45) is 5.73 Å². The van der Waals surface area contributed by atoms with Gasteiger partial charge in [-0.1, -0.05) is 17.7 Å². The number of benzene rings is 2. The number of aryl methyl sites for hydroxylation is 2. The van der Waals surface area contributed by atoms with Crippen molar-refractivity contribution in [3.63, 3.8) is 0 Å². The Morgan fingerprint density at radius 2 is 1.80 bits per heavy atom. The first-order chi connectivity index (χ1) is 11.9. The molecule has 5 nitrogen and oxygen atoms in total. The standard InChI is InChI=1S/C19H21FN2O3/c1-13-3-8-17(14(2)11-13)25-12-19(24)22(10-9-18(21)23)16-6-4-15(20)5-7-16/h3-8,11H,9-10,12H2,1-2H3,(H2,21,23). The van der Waals surface area contributed by atoms with E-state index in [0.29, 0.717) is 11.4 Å². The Balaban J connectivity index is 2.11. The van der Waals surface area contributed by atoms with Crippen molar-refractivity contribution in [3.8, 4) is 5.75 Å². The number of rotatable bonds is 7. The maximum atomic E-state index is 13.1. The lowest BCUT2D eigenvalue weighted by Gasteiger charge is -2.22. The van der Waals surface area contributed by atoms with Crippen molar-refractivity contribution < 1.29 is 18.7 Å². The third-order valence-electron chi connectivity index (χ3n) is 3.70. The SMILES string of the molecule is Cc1ccc(OCC(=O)N(CCC(N)=O)c2ccc(F)cc2)c(C)c1. The average molecular weight is 344 g/mol. The summed E-state index contributed by atoms with van der Waals surface area (Å²) in [6.07, 6.45) is 0.00662. The van der Waals surface area contributed by atoms with Crippen LogP contribution in [0.4, 0.5) is 10.1 Å². The second kappa shape index (κ2) is 8.28. The smallest absolute Gasteiger partial charge is 0.264 e. The minimum Gasteiger partial charge on any atom is -0.483 e. The number of hydrogen-bond donors (Lipinski definition) is 1. The highest BCUT2D eigenvalue weighted by molar-refractivity contribution is 5.95. The van der Waals surface area contributed by atoms with Crippen LogP contribution in [0.3, 0.4) is 0 Å². The van der Waals surface area contributed by atoms with Gasteiger partial charge in [0.2, 0.25) is 5.91 Å². The lowest BCUT2D eigenvalue weighted by Crippen LogP contribution is -2.37. The number of nitrogens with two attached hydrogens (primary N) is 1. The van der Waals surface area contributed by atoms with E-state index in [1.165, 1.54) is 29.2 Å². The lowest BCUT2D eigenvalue weighted by molar-refractivity contribution is -0.120. The van der Waals surface area contributed by atoms with E-state index in [9.17, 15) is 14.0 Å². The number of carbonyl (C=O) groups is 2. The molecule has 0 saturated carbocycles. The molecule has 0 heterocycles. The number of halogens is 1. The molecule has 25 heavy (non-hydrogen) atoms. The van der Waals surface area contributed by atoms with Crippen LogP contribution in [0.1, 0.15) is 17.5 Å². The van der Waals surface area contributed by atoms with Crippen molar-refractivity contribution in [1.29, 1.82) is 0 Å². The summed E-state index contributed by atoms with van der Waals surface area (Å²) < 4.78 is 18.7. The van der Waals surface area contributed by atoms with Gasteiger partial charge in [-0.2, -0.15) is 0 Å². The first-order valence-corrected chi connectivity index (χ1v) is 7.91. The zero-order chi connectivity index (χ0) is 18.4. The molecule has 6 heteroatoms. The number of carbonyl (C=O) groups excluding carboxylic acids is 2. The first kappa shape index (κ1) is 18.4. The highest BCUT2D eigenvalue weighted by Crippen LogP contribution is 2.20. The third-order valence-corrected chi connectivity index (χ3v) is 3.70. The Bertz CT molecular complexity index is 760. The van der Waals surface area contributed by atoms with E-state index in [1.54, 1.807) is 0 Å². The van der Waals surface area contributed by atoms with Crippen LogP contribution in [-0.2, 0) is 9.59 Å². The number of nitrogens with zero attached hydrogens (tertiary/aromatic N) is 1. The molecule has 2 N–H and O–H groups in total. The van der Waals surface area contributed by atoms with E-state index >= 15 is 0 Å². The van der Waals surface area contributed by atoms with Crippen LogP contribution in [0.2, 0.25) is 0 Å². The van der Waals surface area contributed by atoms with Crippen LogP contribution in [-0.4, -0.2) is 25.0 Å². The molecule has 0 fully saturated rings. The molecule has 2 amide bonds. The summed E-state index contributed by atoms with van der Waals surface area (Å²) in [5, 5.41) is 0.